The van der Waals surface area contributed by atoms with E-state index in [4.69, 9.17) is 0 Å². The molecule has 0 aliphatic carbocycles. The molecule has 0 bridgehead atoms. The first-order valence-electron chi connectivity index (χ1n) is 13.5. The summed E-state index contributed by atoms with van der Waals surface area (Å²) in [5.74, 6) is 0. The Morgan fingerprint density at radius 3 is 1.38 bits per heavy atom. The van der Waals surface area contributed by atoms with Crippen LogP contribution in [-0.2, 0) is 23.2 Å². The molecule has 0 radical (unpaired) electrons. The topological polar surface area (TPSA) is 0 Å². The SMILES string of the molecule is CC(C)(C)c1cc(P2Cc3ccc4ccccc4c3-c3c(ccc4ccccc34)C2)cc(C(C)(C)C)c1. The van der Waals surface area contributed by atoms with Gasteiger partial charge in [0.1, 0.15) is 0 Å². The maximum Gasteiger partial charge on any atom is -0.00234 e. The second kappa shape index (κ2) is 8.82. The summed E-state index contributed by atoms with van der Waals surface area (Å²) in [5.41, 5.74) is 9.07. The van der Waals surface area contributed by atoms with Crippen LogP contribution in [0.3, 0.4) is 0 Å². The summed E-state index contributed by atoms with van der Waals surface area (Å²) in [4.78, 5) is 0. The lowest BCUT2D eigenvalue weighted by molar-refractivity contribution is 0.569. The van der Waals surface area contributed by atoms with Gasteiger partial charge in [0.15, 0.2) is 0 Å². The standard InChI is InChI=1S/C36H37P/c1-35(2,3)28-19-29(36(4,5)6)21-30(20-28)37-22-26-17-15-24-11-7-9-13-31(24)33(26)34-27(23-37)18-16-25-12-8-10-14-32(25)34/h7-21H,22-23H2,1-6H3. The van der Waals surface area contributed by atoms with Gasteiger partial charge in [0.05, 0.1) is 0 Å². The fourth-order valence-corrected chi connectivity index (χ4v) is 8.27. The lowest BCUT2D eigenvalue weighted by atomic mass is 9.81. The molecule has 0 fully saturated rings. The minimum absolute atomic E-state index is 0.124. The van der Waals surface area contributed by atoms with Crippen LogP contribution in [0.25, 0.3) is 32.7 Å². The second-order valence-electron chi connectivity index (χ2n) is 12.8. The first-order valence-corrected chi connectivity index (χ1v) is 15.2. The molecule has 0 aromatic heterocycles. The third-order valence-corrected chi connectivity index (χ3v) is 10.5. The summed E-state index contributed by atoms with van der Waals surface area (Å²) in [5, 5.41) is 6.97. The number of rotatable bonds is 1. The molecule has 0 spiro atoms. The molecule has 0 saturated carbocycles. The van der Waals surface area contributed by atoms with E-state index in [1.807, 2.05) is 0 Å². The van der Waals surface area contributed by atoms with E-state index >= 15 is 0 Å². The maximum atomic E-state index is 2.54. The Bertz CT molecular complexity index is 1520. The number of hydrogen-bond donors (Lipinski definition) is 0. The van der Waals surface area contributed by atoms with E-state index in [-0.39, 0.29) is 10.8 Å². The first-order chi connectivity index (χ1) is 17.6. The van der Waals surface area contributed by atoms with Crippen molar-refractivity contribution in [2.75, 3.05) is 0 Å². The van der Waals surface area contributed by atoms with Gasteiger partial charge in [-0.3, -0.25) is 0 Å². The lowest BCUT2D eigenvalue weighted by Gasteiger charge is -2.28. The molecule has 0 atom stereocenters. The van der Waals surface area contributed by atoms with Gasteiger partial charge in [0.25, 0.3) is 0 Å². The van der Waals surface area contributed by atoms with Gasteiger partial charge >= 0.3 is 0 Å². The van der Waals surface area contributed by atoms with Gasteiger partial charge in [-0.25, -0.2) is 0 Å². The maximum absolute atomic E-state index is 2.54. The molecule has 37 heavy (non-hydrogen) atoms. The average Bonchev–Trinajstić information content (AvgIpc) is 3.05. The minimum atomic E-state index is -0.404. The van der Waals surface area contributed by atoms with Gasteiger partial charge in [0.2, 0.25) is 0 Å². The molecule has 1 heteroatoms. The molecule has 0 nitrogen and oxygen atoms in total. The van der Waals surface area contributed by atoms with Gasteiger partial charge in [-0.05, 0) is 83.4 Å². The molecule has 5 aromatic rings. The normalized spacial score (nSPS) is 14.4. The van der Waals surface area contributed by atoms with Crippen LogP contribution in [0.1, 0.15) is 63.8 Å². The van der Waals surface area contributed by atoms with Gasteiger partial charge in [0, 0.05) is 0 Å². The van der Waals surface area contributed by atoms with Crippen molar-refractivity contribution in [1.29, 1.82) is 0 Å². The van der Waals surface area contributed by atoms with Crippen molar-refractivity contribution in [2.45, 2.75) is 64.7 Å². The molecule has 5 aromatic carbocycles. The summed E-state index contributed by atoms with van der Waals surface area (Å²) >= 11 is 0. The molecule has 1 aliphatic heterocycles. The Labute approximate surface area is 223 Å². The molecular formula is C36H37P. The van der Waals surface area contributed by atoms with E-state index in [2.05, 4.69) is 133 Å². The van der Waals surface area contributed by atoms with Crippen LogP contribution in [-0.4, -0.2) is 0 Å². The van der Waals surface area contributed by atoms with Crippen LogP contribution in [0.15, 0.2) is 91.0 Å². The predicted molar refractivity (Wildman–Crippen MR) is 165 cm³/mol. The largest absolute Gasteiger partial charge is 0.0663 e. The highest BCUT2D eigenvalue weighted by atomic mass is 31.1. The number of fused-ring (bicyclic) bond motifs is 7. The zero-order chi connectivity index (χ0) is 25.9. The molecule has 1 heterocycles. The van der Waals surface area contributed by atoms with Crippen LogP contribution < -0.4 is 5.30 Å². The Balaban J connectivity index is 1.63. The van der Waals surface area contributed by atoms with E-state index in [1.165, 1.54) is 54.9 Å². The van der Waals surface area contributed by atoms with Gasteiger partial charge in [-0.1, -0.05) is 140 Å². The Morgan fingerprint density at radius 1 is 0.514 bits per heavy atom. The molecule has 6 rings (SSSR count). The van der Waals surface area contributed by atoms with Crippen molar-refractivity contribution in [2.24, 2.45) is 0 Å². The van der Waals surface area contributed by atoms with Crippen LogP contribution in [0.2, 0.25) is 0 Å². The highest BCUT2D eigenvalue weighted by Crippen LogP contribution is 2.53. The van der Waals surface area contributed by atoms with Gasteiger partial charge in [-0.15, -0.1) is 0 Å². The summed E-state index contributed by atoms with van der Waals surface area (Å²) in [7, 11) is -0.404. The summed E-state index contributed by atoms with van der Waals surface area (Å²) in [6, 6.07) is 34.9. The van der Waals surface area contributed by atoms with E-state index in [1.54, 1.807) is 5.30 Å². The van der Waals surface area contributed by atoms with Crippen LogP contribution in [0, 0.1) is 0 Å². The van der Waals surface area contributed by atoms with Crippen LogP contribution in [0.5, 0.6) is 0 Å². The minimum Gasteiger partial charge on any atom is -0.0663 e. The lowest BCUT2D eigenvalue weighted by Crippen LogP contribution is -2.20. The fourth-order valence-electron chi connectivity index (χ4n) is 5.80. The van der Waals surface area contributed by atoms with Crippen molar-refractivity contribution >= 4 is 34.8 Å². The highest BCUT2D eigenvalue weighted by Gasteiger charge is 2.28. The van der Waals surface area contributed by atoms with E-state index in [0.29, 0.717) is 0 Å². The van der Waals surface area contributed by atoms with E-state index in [9.17, 15) is 0 Å². The van der Waals surface area contributed by atoms with Gasteiger partial charge in [-0.2, -0.15) is 0 Å². The average molecular weight is 501 g/mol. The Kier molecular flexibility index (Phi) is 5.81. The second-order valence-corrected chi connectivity index (χ2v) is 15.0. The van der Waals surface area contributed by atoms with E-state index in [0.717, 1.165) is 12.3 Å². The number of benzene rings is 5. The Morgan fingerprint density at radius 2 is 0.946 bits per heavy atom. The third kappa shape index (κ3) is 4.41. The summed E-state index contributed by atoms with van der Waals surface area (Å²) in [6.07, 6.45) is 2.24. The first kappa shape index (κ1) is 24.4. The summed E-state index contributed by atoms with van der Waals surface area (Å²) in [6.45, 7) is 14.1. The monoisotopic (exact) mass is 500 g/mol. The molecule has 0 amide bonds. The Hall–Kier alpha value is -2.95. The predicted octanol–water partition coefficient (Wildman–Crippen LogP) is 10.1. The molecule has 1 aliphatic rings. The van der Waals surface area contributed by atoms with Crippen molar-refractivity contribution in [3.63, 3.8) is 0 Å². The highest BCUT2D eigenvalue weighted by molar-refractivity contribution is 7.64. The van der Waals surface area contributed by atoms with Crippen molar-refractivity contribution in [3.05, 3.63) is 113 Å². The molecule has 186 valence electrons. The van der Waals surface area contributed by atoms with E-state index < -0.39 is 7.92 Å². The zero-order valence-corrected chi connectivity index (χ0v) is 23.9. The summed E-state index contributed by atoms with van der Waals surface area (Å²) < 4.78 is 0. The third-order valence-electron chi connectivity index (χ3n) is 8.02. The molecule has 0 N–H and O–H groups in total. The smallest absolute Gasteiger partial charge is 0.00234 e. The molecular weight excluding hydrogens is 463 g/mol. The van der Waals surface area contributed by atoms with Crippen molar-refractivity contribution in [3.8, 4) is 11.1 Å². The van der Waals surface area contributed by atoms with Crippen molar-refractivity contribution < 1.29 is 0 Å². The molecule has 0 saturated heterocycles. The quantitative estimate of drug-likeness (QED) is 0.201. The van der Waals surface area contributed by atoms with Crippen LogP contribution >= 0.6 is 7.92 Å². The fraction of sp³-hybridized carbons (Fsp3) is 0.278. The molecule has 0 unspecified atom stereocenters. The van der Waals surface area contributed by atoms with Crippen LogP contribution in [0.4, 0.5) is 0 Å². The zero-order valence-electron chi connectivity index (χ0n) is 23.0. The van der Waals surface area contributed by atoms with Gasteiger partial charge < -0.3 is 0 Å². The number of hydrogen-bond acceptors (Lipinski definition) is 0. The van der Waals surface area contributed by atoms with Crippen molar-refractivity contribution in [1.82, 2.24) is 0 Å².